The first-order valence-electron chi connectivity index (χ1n) is 6.08. The fraction of sp³-hybridized carbons (Fsp3) is 0.429. The highest BCUT2D eigenvalue weighted by Gasteiger charge is 2.27. The first-order chi connectivity index (χ1) is 8.82. The number of carboxylic acids is 1. The second-order valence-electron chi connectivity index (χ2n) is 4.78. The number of carbonyl (C=O) groups is 2. The molecule has 2 N–H and O–H groups in total. The number of phenols is 1. The summed E-state index contributed by atoms with van der Waals surface area (Å²) >= 11 is 0. The number of phenolic OH excluding ortho intramolecular Hbond substituents is 1. The minimum absolute atomic E-state index is 0.172. The van der Waals surface area contributed by atoms with Crippen LogP contribution in [0.1, 0.15) is 19.4 Å². The molecular weight excluding hydrogens is 246 g/mol. The van der Waals surface area contributed by atoms with E-state index in [1.807, 2.05) is 0 Å². The third-order valence-electron chi connectivity index (χ3n) is 3.26. The highest BCUT2D eigenvalue weighted by Crippen LogP contribution is 2.16. The van der Waals surface area contributed by atoms with Crippen LogP contribution in [0.15, 0.2) is 24.3 Å². The smallest absolute Gasteiger partial charge is 0.307 e. The summed E-state index contributed by atoms with van der Waals surface area (Å²) in [6.45, 7) is 3.53. The molecule has 2 atom stereocenters. The van der Waals surface area contributed by atoms with Gasteiger partial charge in [0.15, 0.2) is 0 Å². The molecule has 0 spiro atoms. The average Bonchev–Trinajstić information content (AvgIpc) is 2.38. The topological polar surface area (TPSA) is 77.8 Å². The molecule has 0 aliphatic carbocycles. The normalized spacial score (nSPS) is 13.6. The first kappa shape index (κ1) is 15.0. The van der Waals surface area contributed by atoms with Crippen molar-refractivity contribution in [1.82, 2.24) is 4.90 Å². The minimum atomic E-state index is -0.973. The van der Waals surface area contributed by atoms with Crippen molar-refractivity contribution in [2.24, 2.45) is 11.8 Å². The van der Waals surface area contributed by atoms with E-state index in [0.717, 1.165) is 5.56 Å². The molecule has 2 unspecified atom stereocenters. The second-order valence-corrected chi connectivity index (χ2v) is 4.78. The van der Waals surface area contributed by atoms with Gasteiger partial charge in [-0.1, -0.05) is 26.0 Å². The lowest BCUT2D eigenvalue weighted by molar-refractivity contribution is -0.148. The van der Waals surface area contributed by atoms with Crippen molar-refractivity contribution in [1.29, 1.82) is 0 Å². The van der Waals surface area contributed by atoms with Gasteiger partial charge in [-0.3, -0.25) is 9.59 Å². The molecule has 5 nitrogen and oxygen atoms in total. The molecule has 0 fully saturated rings. The lowest BCUT2D eigenvalue weighted by Gasteiger charge is -2.23. The predicted molar refractivity (Wildman–Crippen MR) is 70.5 cm³/mol. The van der Waals surface area contributed by atoms with Crippen molar-refractivity contribution in [3.8, 4) is 5.75 Å². The van der Waals surface area contributed by atoms with Crippen LogP contribution in [0.3, 0.4) is 0 Å². The average molecular weight is 265 g/mol. The summed E-state index contributed by atoms with van der Waals surface area (Å²) in [5, 5.41) is 18.1. The molecule has 1 aromatic rings. The number of aliphatic carboxylic acids is 1. The summed E-state index contributed by atoms with van der Waals surface area (Å²) in [5.74, 6) is -2.29. The van der Waals surface area contributed by atoms with Crippen molar-refractivity contribution in [2.45, 2.75) is 20.4 Å². The minimum Gasteiger partial charge on any atom is -0.508 e. The van der Waals surface area contributed by atoms with Crippen molar-refractivity contribution in [2.75, 3.05) is 7.05 Å². The summed E-state index contributed by atoms with van der Waals surface area (Å²) < 4.78 is 0. The highest BCUT2D eigenvalue weighted by atomic mass is 16.4. The van der Waals surface area contributed by atoms with E-state index in [1.165, 1.54) is 11.8 Å². The van der Waals surface area contributed by atoms with Crippen LogP contribution in [0.2, 0.25) is 0 Å². The molecule has 0 heterocycles. The summed E-state index contributed by atoms with van der Waals surface area (Å²) in [4.78, 5) is 24.4. The molecule has 0 aliphatic heterocycles. The van der Waals surface area contributed by atoms with E-state index in [9.17, 15) is 14.7 Å². The number of carboxylic acid groups (broad SMARTS) is 1. The maximum absolute atomic E-state index is 12.1. The van der Waals surface area contributed by atoms with E-state index in [1.54, 1.807) is 38.2 Å². The van der Waals surface area contributed by atoms with Crippen LogP contribution in [-0.4, -0.2) is 34.0 Å². The number of aromatic hydroxyl groups is 1. The Morgan fingerprint density at radius 3 is 2.16 bits per heavy atom. The van der Waals surface area contributed by atoms with Crippen LogP contribution in [0.5, 0.6) is 5.75 Å². The van der Waals surface area contributed by atoms with Crippen molar-refractivity contribution < 1.29 is 19.8 Å². The fourth-order valence-corrected chi connectivity index (χ4v) is 1.73. The number of hydrogen-bond donors (Lipinski definition) is 2. The number of carbonyl (C=O) groups excluding carboxylic acids is 1. The van der Waals surface area contributed by atoms with E-state index in [-0.39, 0.29) is 11.7 Å². The third-order valence-corrected chi connectivity index (χ3v) is 3.26. The van der Waals surface area contributed by atoms with Gasteiger partial charge in [-0.05, 0) is 17.7 Å². The number of nitrogens with zero attached hydrogens (tertiary/aromatic N) is 1. The molecule has 0 saturated carbocycles. The van der Waals surface area contributed by atoms with Crippen LogP contribution >= 0.6 is 0 Å². The van der Waals surface area contributed by atoms with Gasteiger partial charge < -0.3 is 15.1 Å². The Hall–Kier alpha value is -2.04. The molecule has 1 aromatic carbocycles. The van der Waals surface area contributed by atoms with Gasteiger partial charge in [0.1, 0.15) is 5.75 Å². The fourth-order valence-electron chi connectivity index (χ4n) is 1.73. The van der Waals surface area contributed by atoms with E-state index in [0.29, 0.717) is 6.54 Å². The Labute approximate surface area is 112 Å². The van der Waals surface area contributed by atoms with Gasteiger partial charge in [-0.25, -0.2) is 0 Å². The molecule has 0 bridgehead atoms. The van der Waals surface area contributed by atoms with Gasteiger partial charge in [0.05, 0.1) is 5.92 Å². The molecule has 104 valence electrons. The predicted octanol–water partition coefficient (Wildman–Crippen LogP) is 1.71. The monoisotopic (exact) mass is 265 g/mol. The summed E-state index contributed by atoms with van der Waals surface area (Å²) in [6, 6.07) is 6.56. The molecule has 0 aliphatic rings. The Bertz CT molecular complexity index is 455. The van der Waals surface area contributed by atoms with Crippen molar-refractivity contribution in [3.63, 3.8) is 0 Å². The number of hydrogen-bond acceptors (Lipinski definition) is 3. The molecule has 1 amide bonds. The number of amides is 1. The SMILES string of the molecule is CC(C(=O)O)C(C)C(=O)N(C)Cc1ccc(O)cc1. The largest absolute Gasteiger partial charge is 0.508 e. The molecule has 1 rings (SSSR count). The Morgan fingerprint density at radius 1 is 1.16 bits per heavy atom. The number of benzene rings is 1. The van der Waals surface area contributed by atoms with E-state index >= 15 is 0 Å². The van der Waals surface area contributed by atoms with Gasteiger partial charge in [-0.2, -0.15) is 0 Å². The molecular formula is C14H19NO4. The van der Waals surface area contributed by atoms with Gasteiger partial charge in [0, 0.05) is 19.5 Å². The first-order valence-corrected chi connectivity index (χ1v) is 6.08. The van der Waals surface area contributed by atoms with Gasteiger partial charge in [-0.15, -0.1) is 0 Å². The maximum atomic E-state index is 12.1. The van der Waals surface area contributed by atoms with Crippen molar-refractivity contribution >= 4 is 11.9 Å². The zero-order chi connectivity index (χ0) is 14.6. The molecule has 19 heavy (non-hydrogen) atoms. The molecule has 0 aromatic heterocycles. The Kier molecular flexibility index (Phi) is 4.92. The zero-order valence-corrected chi connectivity index (χ0v) is 11.3. The standard InChI is InChI=1S/C14H19NO4/c1-9(10(2)14(18)19)13(17)15(3)8-11-4-6-12(16)7-5-11/h4-7,9-10,16H,8H2,1-3H3,(H,18,19). The number of rotatable bonds is 5. The van der Waals surface area contributed by atoms with Gasteiger partial charge in [0.2, 0.25) is 5.91 Å². The van der Waals surface area contributed by atoms with Crippen LogP contribution in [0, 0.1) is 11.8 Å². The van der Waals surface area contributed by atoms with Gasteiger partial charge in [0.25, 0.3) is 0 Å². The summed E-state index contributed by atoms with van der Waals surface area (Å²) in [5.41, 5.74) is 0.879. The lowest BCUT2D eigenvalue weighted by Crippen LogP contribution is -2.36. The van der Waals surface area contributed by atoms with E-state index < -0.39 is 17.8 Å². The summed E-state index contributed by atoms with van der Waals surface area (Å²) in [6.07, 6.45) is 0. The van der Waals surface area contributed by atoms with Crippen LogP contribution in [-0.2, 0) is 16.1 Å². The zero-order valence-electron chi connectivity index (χ0n) is 11.3. The Balaban J connectivity index is 2.67. The lowest BCUT2D eigenvalue weighted by atomic mass is 9.95. The Morgan fingerprint density at radius 2 is 1.68 bits per heavy atom. The van der Waals surface area contributed by atoms with Gasteiger partial charge >= 0.3 is 5.97 Å². The van der Waals surface area contributed by atoms with Crippen LogP contribution in [0.4, 0.5) is 0 Å². The van der Waals surface area contributed by atoms with E-state index in [4.69, 9.17) is 5.11 Å². The van der Waals surface area contributed by atoms with Crippen LogP contribution in [0.25, 0.3) is 0 Å². The summed E-state index contributed by atoms with van der Waals surface area (Å²) in [7, 11) is 1.64. The van der Waals surface area contributed by atoms with E-state index in [2.05, 4.69) is 0 Å². The quantitative estimate of drug-likeness (QED) is 0.849. The molecule has 5 heteroatoms. The highest BCUT2D eigenvalue weighted by molar-refractivity contribution is 5.84. The molecule has 0 saturated heterocycles. The molecule has 0 radical (unpaired) electrons. The van der Waals surface area contributed by atoms with Crippen molar-refractivity contribution in [3.05, 3.63) is 29.8 Å². The maximum Gasteiger partial charge on any atom is 0.307 e. The third kappa shape index (κ3) is 3.98. The second kappa shape index (κ2) is 6.22. The van der Waals surface area contributed by atoms with Crippen LogP contribution < -0.4 is 0 Å².